The zero-order chi connectivity index (χ0) is 14.5. The third-order valence-electron chi connectivity index (χ3n) is 2.78. The molecule has 0 radical (unpaired) electrons. The van der Waals surface area contributed by atoms with Gasteiger partial charge in [-0.25, -0.2) is 4.39 Å². The quantitative estimate of drug-likeness (QED) is 0.822. The van der Waals surface area contributed by atoms with Crippen molar-refractivity contribution in [3.8, 4) is 0 Å². The molecule has 0 fully saturated rings. The molecule has 0 aliphatic carbocycles. The first-order valence-corrected chi connectivity index (χ1v) is 7.08. The van der Waals surface area contributed by atoms with Crippen molar-refractivity contribution in [1.82, 2.24) is 14.8 Å². The maximum Gasteiger partial charge on any atom is 0.217 e. The molecule has 0 saturated heterocycles. The SMILES string of the molecule is Cn1c(CCC(N)=O)nnc1SCc1cccc(F)c1. The summed E-state index contributed by atoms with van der Waals surface area (Å²) in [5, 5.41) is 8.82. The van der Waals surface area contributed by atoms with Crippen molar-refractivity contribution >= 4 is 17.7 Å². The highest BCUT2D eigenvalue weighted by Crippen LogP contribution is 2.21. The van der Waals surface area contributed by atoms with Gasteiger partial charge in [-0.1, -0.05) is 23.9 Å². The molecule has 0 bridgehead atoms. The number of aromatic nitrogens is 3. The fourth-order valence-electron chi connectivity index (χ4n) is 1.70. The molecule has 2 N–H and O–H groups in total. The lowest BCUT2D eigenvalue weighted by Crippen LogP contribution is -2.12. The van der Waals surface area contributed by atoms with E-state index in [9.17, 15) is 9.18 Å². The fourth-order valence-corrected chi connectivity index (χ4v) is 2.57. The number of benzene rings is 1. The second kappa shape index (κ2) is 6.51. The molecule has 5 nitrogen and oxygen atoms in total. The molecule has 2 aromatic rings. The van der Waals surface area contributed by atoms with E-state index < -0.39 is 0 Å². The maximum absolute atomic E-state index is 13.1. The first-order valence-electron chi connectivity index (χ1n) is 6.10. The zero-order valence-electron chi connectivity index (χ0n) is 11.0. The van der Waals surface area contributed by atoms with Crippen molar-refractivity contribution < 1.29 is 9.18 Å². The molecule has 1 aromatic heterocycles. The summed E-state index contributed by atoms with van der Waals surface area (Å²) < 4.78 is 14.9. The number of amides is 1. The van der Waals surface area contributed by atoms with E-state index in [4.69, 9.17) is 5.73 Å². The normalized spacial score (nSPS) is 10.7. The number of hydrogen-bond donors (Lipinski definition) is 1. The second-order valence-corrected chi connectivity index (χ2v) is 5.29. The van der Waals surface area contributed by atoms with Crippen molar-refractivity contribution in [1.29, 1.82) is 0 Å². The van der Waals surface area contributed by atoms with Gasteiger partial charge in [0.05, 0.1) is 0 Å². The van der Waals surface area contributed by atoms with Gasteiger partial charge in [-0.05, 0) is 17.7 Å². The summed E-state index contributed by atoms with van der Waals surface area (Å²) in [6, 6.07) is 6.45. The van der Waals surface area contributed by atoms with E-state index in [0.717, 1.165) is 10.7 Å². The summed E-state index contributed by atoms with van der Waals surface area (Å²) in [7, 11) is 1.84. The second-order valence-electron chi connectivity index (χ2n) is 4.34. The van der Waals surface area contributed by atoms with Crippen molar-refractivity contribution in [2.24, 2.45) is 12.8 Å². The van der Waals surface area contributed by atoms with Gasteiger partial charge in [-0.15, -0.1) is 10.2 Å². The van der Waals surface area contributed by atoms with Crippen LogP contribution in [0.1, 0.15) is 17.8 Å². The molecule has 0 unspecified atom stereocenters. The van der Waals surface area contributed by atoms with Gasteiger partial charge in [-0.3, -0.25) is 4.79 Å². The molecule has 1 amide bonds. The standard InChI is InChI=1S/C13H15FN4OS/c1-18-12(6-5-11(15)19)16-17-13(18)20-8-9-3-2-4-10(14)7-9/h2-4,7H,5-6,8H2,1H3,(H2,15,19). The number of thioether (sulfide) groups is 1. The Labute approximate surface area is 120 Å². The van der Waals surface area contributed by atoms with Crippen molar-refractivity contribution in [2.75, 3.05) is 0 Å². The number of nitrogens with two attached hydrogens (primary N) is 1. The van der Waals surface area contributed by atoms with Gasteiger partial charge in [0.1, 0.15) is 11.6 Å². The van der Waals surface area contributed by atoms with Crippen molar-refractivity contribution in [3.63, 3.8) is 0 Å². The molecule has 106 valence electrons. The lowest BCUT2D eigenvalue weighted by molar-refractivity contribution is -0.118. The minimum atomic E-state index is -0.359. The van der Waals surface area contributed by atoms with Crippen molar-refractivity contribution in [3.05, 3.63) is 41.5 Å². The Hall–Kier alpha value is -1.89. The van der Waals surface area contributed by atoms with Crippen molar-refractivity contribution in [2.45, 2.75) is 23.8 Å². The first kappa shape index (κ1) is 14.5. The van der Waals surface area contributed by atoms with E-state index in [1.54, 1.807) is 6.07 Å². The van der Waals surface area contributed by atoms with E-state index in [-0.39, 0.29) is 18.1 Å². The monoisotopic (exact) mass is 294 g/mol. The highest BCUT2D eigenvalue weighted by Gasteiger charge is 2.10. The topological polar surface area (TPSA) is 73.8 Å². The van der Waals surface area contributed by atoms with Gasteiger partial charge in [0, 0.05) is 25.6 Å². The van der Waals surface area contributed by atoms with Gasteiger partial charge < -0.3 is 10.3 Å². The third-order valence-corrected chi connectivity index (χ3v) is 3.87. The summed E-state index contributed by atoms with van der Waals surface area (Å²) in [6.45, 7) is 0. The Morgan fingerprint density at radius 1 is 1.45 bits per heavy atom. The Kier molecular flexibility index (Phi) is 4.73. The van der Waals surface area contributed by atoms with Crippen LogP contribution in [0.5, 0.6) is 0 Å². The summed E-state index contributed by atoms with van der Waals surface area (Å²) in [5.41, 5.74) is 5.99. The Morgan fingerprint density at radius 3 is 2.95 bits per heavy atom. The van der Waals surface area contributed by atoms with Crippen LogP contribution in [-0.4, -0.2) is 20.7 Å². The molecule has 0 saturated carbocycles. The largest absolute Gasteiger partial charge is 0.370 e. The lowest BCUT2D eigenvalue weighted by atomic mass is 10.2. The number of primary amides is 1. The Bertz CT molecular complexity index is 614. The number of hydrogen-bond acceptors (Lipinski definition) is 4. The lowest BCUT2D eigenvalue weighted by Gasteiger charge is -2.03. The van der Waals surface area contributed by atoms with Gasteiger partial charge in [0.15, 0.2) is 5.16 Å². The van der Waals surface area contributed by atoms with E-state index >= 15 is 0 Å². The van der Waals surface area contributed by atoms with Crippen LogP contribution in [-0.2, 0) is 24.0 Å². The van der Waals surface area contributed by atoms with E-state index in [1.165, 1.54) is 23.9 Å². The van der Waals surface area contributed by atoms with E-state index in [0.29, 0.717) is 18.0 Å². The molecular formula is C13H15FN4OS. The number of carbonyl (C=O) groups excluding carboxylic acids is 1. The summed E-state index contributed by atoms with van der Waals surface area (Å²) in [4.78, 5) is 10.8. The van der Waals surface area contributed by atoms with E-state index in [2.05, 4.69) is 10.2 Å². The minimum Gasteiger partial charge on any atom is -0.370 e. The summed E-state index contributed by atoms with van der Waals surface area (Å²) >= 11 is 1.47. The number of halogens is 1. The van der Waals surface area contributed by atoms with Crippen LogP contribution >= 0.6 is 11.8 Å². The number of aryl methyl sites for hydroxylation is 1. The molecule has 2 rings (SSSR count). The molecule has 1 heterocycles. The smallest absolute Gasteiger partial charge is 0.217 e. The summed E-state index contributed by atoms with van der Waals surface area (Å²) in [6.07, 6.45) is 0.722. The number of rotatable bonds is 6. The third kappa shape index (κ3) is 3.80. The molecule has 0 aliphatic rings. The van der Waals surface area contributed by atoms with E-state index in [1.807, 2.05) is 17.7 Å². The Balaban J connectivity index is 1.98. The average Bonchev–Trinajstić information content (AvgIpc) is 2.75. The van der Waals surface area contributed by atoms with Crippen LogP contribution < -0.4 is 5.73 Å². The van der Waals surface area contributed by atoms with Crippen LogP contribution in [0.25, 0.3) is 0 Å². The molecule has 20 heavy (non-hydrogen) atoms. The average molecular weight is 294 g/mol. The van der Waals surface area contributed by atoms with Gasteiger partial charge in [-0.2, -0.15) is 0 Å². The fraction of sp³-hybridized carbons (Fsp3) is 0.308. The maximum atomic E-state index is 13.1. The molecule has 0 spiro atoms. The first-order chi connectivity index (χ1) is 9.56. The molecular weight excluding hydrogens is 279 g/mol. The highest BCUT2D eigenvalue weighted by molar-refractivity contribution is 7.98. The number of nitrogens with zero attached hydrogens (tertiary/aromatic N) is 3. The van der Waals surface area contributed by atoms with Crippen LogP contribution in [0.3, 0.4) is 0 Å². The Morgan fingerprint density at radius 2 is 2.25 bits per heavy atom. The van der Waals surface area contributed by atoms with Crippen LogP contribution in [0.2, 0.25) is 0 Å². The van der Waals surface area contributed by atoms with Gasteiger partial charge in [0.25, 0.3) is 0 Å². The molecule has 7 heteroatoms. The van der Waals surface area contributed by atoms with Crippen LogP contribution in [0, 0.1) is 5.82 Å². The highest BCUT2D eigenvalue weighted by atomic mass is 32.2. The number of carbonyl (C=O) groups is 1. The van der Waals surface area contributed by atoms with Gasteiger partial charge in [0.2, 0.25) is 5.91 Å². The predicted molar refractivity (Wildman–Crippen MR) is 74.5 cm³/mol. The molecule has 0 aliphatic heterocycles. The van der Waals surface area contributed by atoms with Gasteiger partial charge >= 0.3 is 0 Å². The van der Waals surface area contributed by atoms with Crippen LogP contribution in [0.4, 0.5) is 4.39 Å². The molecule has 1 aromatic carbocycles. The zero-order valence-corrected chi connectivity index (χ0v) is 11.9. The summed E-state index contributed by atoms with van der Waals surface area (Å²) in [5.74, 6) is 0.718. The minimum absolute atomic E-state index is 0.247. The molecule has 0 atom stereocenters. The van der Waals surface area contributed by atoms with Crippen LogP contribution in [0.15, 0.2) is 29.4 Å². The predicted octanol–water partition coefficient (Wildman–Crippen LogP) is 1.66.